The largest absolute Gasteiger partial charge is 0.393 e. The van der Waals surface area contributed by atoms with Gasteiger partial charge in [0.15, 0.2) is 0 Å². The summed E-state index contributed by atoms with van der Waals surface area (Å²) >= 11 is 1.81. The third-order valence-corrected chi connectivity index (χ3v) is 2.12. The van der Waals surface area contributed by atoms with Crippen molar-refractivity contribution in [1.82, 2.24) is 0 Å². The molecule has 0 aliphatic carbocycles. The quantitative estimate of drug-likeness (QED) is 0.588. The first-order valence-corrected chi connectivity index (χ1v) is 4.18. The van der Waals surface area contributed by atoms with Crippen molar-refractivity contribution in [2.24, 2.45) is 0 Å². The highest BCUT2D eigenvalue weighted by Gasteiger charge is 1.92. The Morgan fingerprint density at radius 2 is 2.25 bits per heavy atom. The molecule has 0 aliphatic rings. The van der Waals surface area contributed by atoms with E-state index in [2.05, 4.69) is 6.92 Å². The number of hydrogen-bond acceptors (Lipinski definition) is 2. The molecule has 0 heterocycles. The Hall–Kier alpha value is 0.310. The van der Waals surface area contributed by atoms with Gasteiger partial charge in [0.2, 0.25) is 0 Å². The second-order valence-electron chi connectivity index (χ2n) is 1.92. The van der Waals surface area contributed by atoms with Crippen LogP contribution < -0.4 is 0 Å². The molecule has 50 valence electrons. The molecule has 0 amide bonds. The zero-order valence-electron chi connectivity index (χ0n) is 5.55. The summed E-state index contributed by atoms with van der Waals surface area (Å²) in [5.74, 6) is 2.05. The van der Waals surface area contributed by atoms with Gasteiger partial charge >= 0.3 is 0 Å². The summed E-state index contributed by atoms with van der Waals surface area (Å²) in [5, 5.41) is 8.76. The van der Waals surface area contributed by atoms with Crippen LogP contribution in [0.4, 0.5) is 0 Å². The Kier molecular flexibility index (Phi) is 5.66. The normalized spacial score (nSPS) is 13.9. The van der Waals surface area contributed by atoms with E-state index < -0.39 is 0 Å². The Bertz CT molecular complexity index is 45.8. The van der Waals surface area contributed by atoms with Gasteiger partial charge in [0, 0.05) is 5.75 Å². The number of aliphatic hydroxyl groups is 1. The highest BCUT2D eigenvalue weighted by atomic mass is 32.2. The molecule has 0 aromatic heterocycles. The van der Waals surface area contributed by atoms with Gasteiger partial charge in [-0.3, -0.25) is 0 Å². The number of thioether (sulfide) groups is 1. The molecule has 0 radical (unpaired) electrons. The maximum atomic E-state index is 8.76. The van der Waals surface area contributed by atoms with Crippen LogP contribution in [0.15, 0.2) is 0 Å². The summed E-state index contributed by atoms with van der Waals surface area (Å²) in [6.45, 7) is 3.97. The van der Waals surface area contributed by atoms with Gasteiger partial charge in [-0.2, -0.15) is 11.8 Å². The van der Waals surface area contributed by atoms with Crippen molar-refractivity contribution in [2.45, 2.75) is 26.4 Å². The SMILES string of the molecule is CCCSC[C@@H](C)O. The lowest BCUT2D eigenvalue weighted by Crippen LogP contribution is -2.02. The average molecular weight is 134 g/mol. The lowest BCUT2D eigenvalue weighted by molar-refractivity contribution is 0.220. The molecule has 0 spiro atoms. The minimum Gasteiger partial charge on any atom is -0.393 e. The first-order chi connectivity index (χ1) is 3.77. The molecule has 2 heteroatoms. The molecular weight excluding hydrogens is 120 g/mol. The molecule has 0 fully saturated rings. The number of hydrogen-bond donors (Lipinski definition) is 1. The second kappa shape index (κ2) is 5.45. The molecule has 0 aliphatic heterocycles. The Labute approximate surface area is 55.5 Å². The molecule has 0 unspecified atom stereocenters. The fourth-order valence-corrected chi connectivity index (χ4v) is 1.19. The average Bonchev–Trinajstić information content (AvgIpc) is 1.66. The second-order valence-corrected chi connectivity index (χ2v) is 3.07. The fraction of sp³-hybridized carbons (Fsp3) is 1.00. The molecule has 0 aromatic carbocycles. The summed E-state index contributed by atoms with van der Waals surface area (Å²) in [6.07, 6.45) is 1.07. The summed E-state index contributed by atoms with van der Waals surface area (Å²) in [5.41, 5.74) is 0. The van der Waals surface area contributed by atoms with Gasteiger partial charge in [-0.25, -0.2) is 0 Å². The van der Waals surface area contributed by atoms with Crippen molar-refractivity contribution in [2.75, 3.05) is 11.5 Å². The maximum Gasteiger partial charge on any atom is 0.0602 e. The molecular formula is C6H14OS. The van der Waals surface area contributed by atoms with E-state index >= 15 is 0 Å². The van der Waals surface area contributed by atoms with Gasteiger partial charge in [0.25, 0.3) is 0 Å². The van der Waals surface area contributed by atoms with E-state index in [0.29, 0.717) is 0 Å². The Morgan fingerprint density at radius 1 is 1.62 bits per heavy atom. The minimum atomic E-state index is -0.133. The van der Waals surface area contributed by atoms with Crippen molar-refractivity contribution in [3.05, 3.63) is 0 Å². The summed E-state index contributed by atoms with van der Waals surface area (Å²) in [7, 11) is 0. The monoisotopic (exact) mass is 134 g/mol. The predicted octanol–water partition coefficient (Wildman–Crippen LogP) is 1.51. The molecule has 1 atom stereocenters. The van der Waals surface area contributed by atoms with Crippen LogP contribution >= 0.6 is 11.8 Å². The van der Waals surface area contributed by atoms with E-state index in [1.807, 2.05) is 18.7 Å². The molecule has 8 heavy (non-hydrogen) atoms. The van der Waals surface area contributed by atoms with Gasteiger partial charge in [-0.1, -0.05) is 6.92 Å². The Morgan fingerprint density at radius 3 is 2.62 bits per heavy atom. The molecule has 1 N–H and O–H groups in total. The standard InChI is InChI=1S/C6H14OS/c1-3-4-8-5-6(2)7/h6-7H,3-5H2,1-2H3/t6-/m1/s1. The molecule has 0 saturated carbocycles. The zero-order chi connectivity index (χ0) is 6.41. The molecule has 0 bridgehead atoms. The minimum absolute atomic E-state index is 0.133. The van der Waals surface area contributed by atoms with Gasteiger partial charge < -0.3 is 5.11 Å². The highest BCUT2D eigenvalue weighted by Crippen LogP contribution is 2.03. The van der Waals surface area contributed by atoms with Crippen LogP contribution in [0.5, 0.6) is 0 Å². The third-order valence-electron chi connectivity index (χ3n) is 0.708. The number of rotatable bonds is 4. The molecule has 1 nitrogen and oxygen atoms in total. The van der Waals surface area contributed by atoms with Gasteiger partial charge in [-0.05, 0) is 19.1 Å². The van der Waals surface area contributed by atoms with Gasteiger partial charge in [0.05, 0.1) is 6.10 Å². The van der Waals surface area contributed by atoms with E-state index in [1.165, 1.54) is 12.2 Å². The lowest BCUT2D eigenvalue weighted by Gasteiger charge is -2.00. The smallest absolute Gasteiger partial charge is 0.0602 e. The van der Waals surface area contributed by atoms with Crippen LogP contribution in [-0.4, -0.2) is 22.7 Å². The first-order valence-electron chi connectivity index (χ1n) is 3.03. The first kappa shape index (κ1) is 8.31. The van der Waals surface area contributed by atoms with Crippen LogP contribution in [0, 0.1) is 0 Å². The van der Waals surface area contributed by atoms with Crippen LogP contribution in [0.2, 0.25) is 0 Å². The topological polar surface area (TPSA) is 20.2 Å². The number of aliphatic hydroxyl groups excluding tert-OH is 1. The maximum absolute atomic E-state index is 8.76. The van der Waals surface area contributed by atoms with Crippen molar-refractivity contribution in [1.29, 1.82) is 0 Å². The van der Waals surface area contributed by atoms with E-state index in [9.17, 15) is 0 Å². The van der Waals surface area contributed by atoms with Crippen molar-refractivity contribution in [3.63, 3.8) is 0 Å². The predicted molar refractivity (Wildman–Crippen MR) is 39.3 cm³/mol. The van der Waals surface area contributed by atoms with Crippen LogP contribution in [0.25, 0.3) is 0 Å². The third kappa shape index (κ3) is 6.31. The summed E-state index contributed by atoms with van der Waals surface area (Å²) in [6, 6.07) is 0. The molecule has 0 aromatic rings. The zero-order valence-corrected chi connectivity index (χ0v) is 6.37. The van der Waals surface area contributed by atoms with Crippen molar-refractivity contribution in [3.8, 4) is 0 Å². The van der Waals surface area contributed by atoms with Gasteiger partial charge in [-0.15, -0.1) is 0 Å². The van der Waals surface area contributed by atoms with Crippen molar-refractivity contribution >= 4 is 11.8 Å². The summed E-state index contributed by atoms with van der Waals surface area (Å²) < 4.78 is 0. The van der Waals surface area contributed by atoms with Gasteiger partial charge in [0.1, 0.15) is 0 Å². The lowest BCUT2D eigenvalue weighted by atomic mass is 10.5. The summed E-state index contributed by atoms with van der Waals surface area (Å²) in [4.78, 5) is 0. The van der Waals surface area contributed by atoms with E-state index in [0.717, 1.165) is 5.75 Å². The van der Waals surface area contributed by atoms with Crippen molar-refractivity contribution < 1.29 is 5.11 Å². The van der Waals surface area contributed by atoms with Crippen LogP contribution in [0.1, 0.15) is 20.3 Å². The highest BCUT2D eigenvalue weighted by molar-refractivity contribution is 7.99. The van der Waals surface area contributed by atoms with E-state index in [4.69, 9.17) is 5.11 Å². The molecule has 0 saturated heterocycles. The molecule has 0 rings (SSSR count). The fourth-order valence-electron chi connectivity index (χ4n) is 0.398. The van der Waals surface area contributed by atoms with Crippen LogP contribution in [0.3, 0.4) is 0 Å². The van der Waals surface area contributed by atoms with Crippen LogP contribution in [-0.2, 0) is 0 Å². The Balaban J connectivity index is 2.72. The van der Waals surface area contributed by atoms with E-state index in [1.54, 1.807) is 0 Å². The van der Waals surface area contributed by atoms with E-state index in [-0.39, 0.29) is 6.10 Å².